The zero-order valence-electron chi connectivity index (χ0n) is 12.3. The van der Waals surface area contributed by atoms with Gasteiger partial charge in [0.1, 0.15) is 6.04 Å². The maximum Gasteiger partial charge on any atom is 0.321 e. The molecule has 0 aliphatic heterocycles. The molecule has 0 radical (unpaired) electrons. The first kappa shape index (κ1) is 17.6. The summed E-state index contributed by atoms with van der Waals surface area (Å²) >= 11 is 0. The van der Waals surface area contributed by atoms with Gasteiger partial charge in [-0.1, -0.05) is 44.2 Å². The molecule has 0 amide bonds. The quantitative estimate of drug-likeness (QED) is 0.718. The Balaban J connectivity index is 2.72. The molecule has 1 atom stereocenters. The van der Waals surface area contributed by atoms with Crippen molar-refractivity contribution in [1.82, 2.24) is 9.03 Å². The lowest BCUT2D eigenvalue weighted by Gasteiger charge is -2.22. The first-order valence-electron chi connectivity index (χ1n) is 6.94. The summed E-state index contributed by atoms with van der Waals surface area (Å²) in [7, 11) is -3.77. The molecule has 1 aromatic rings. The van der Waals surface area contributed by atoms with Crippen molar-refractivity contribution in [3.05, 3.63) is 35.9 Å². The molecule has 0 aromatic heterocycles. The molecule has 1 aromatic carbocycles. The Labute approximate surface area is 126 Å². The number of aryl methyl sites for hydroxylation is 1. The van der Waals surface area contributed by atoms with E-state index in [0.29, 0.717) is 19.5 Å². The van der Waals surface area contributed by atoms with Crippen LogP contribution in [0.5, 0.6) is 0 Å². The summed E-state index contributed by atoms with van der Waals surface area (Å²) in [6.07, 6.45) is 0.707. The number of carboxylic acid groups (broad SMARTS) is 1. The van der Waals surface area contributed by atoms with E-state index < -0.39 is 22.2 Å². The molecule has 0 saturated carbocycles. The lowest BCUT2D eigenvalue weighted by Crippen LogP contribution is -2.48. The van der Waals surface area contributed by atoms with E-state index in [-0.39, 0.29) is 6.42 Å². The number of benzene rings is 1. The second-order valence-corrected chi connectivity index (χ2v) is 6.32. The molecule has 1 unspecified atom stereocenters. The minimum Gasteiger partial charge on any atom is -0.480 e. The molecule has 0 aliphatic carbocycles. The summed E-state index contributed by atoms with van der Waals surface area (Å²) < 4.78 is 27.6. The fourth-order valence-corrected chi connectivity index (χ4v) is 3.41. The number of hydrogen-bond donors (Lipinski definition) is 2. The number of rotatable bonds is 9. The Morgan fingerprint density at radius 2 is 1.81 bits per heavy atom. The van der Waals surface area contributed by atoms with Crippen LogP contribution in [-0.2, 0) is 21.4 Å². The van der Waals surface area contributed by atoms with Gasteiger partial charge in [0.05, 0.1) is 0 Å². The van der Waals surface area contributed by atoms with E-state index in [1.54, 1.807) is 13.8 Å². The predicted molar refractivity (Wildman–Crippen MR) is 81.2 cm³/mol. The van der Waals surface area contributed by atoms with Crippen LogP contribution < -0.4 is 4.72 Å². The van der Waals surface area contributed by atoms with Gasteiger partial charge in [0.2, 0.25) is 0 Å². The minimum absolute atomic E-state index is 0.208. The molecule has 21 heavy (non-hydrogen) atoms. The molecule has 0 spiro atoms. The fraction of sp³-hybridized carbons (Fsp3) is 0.500. The molecular formula is C14H22N2O4S. The summed E-state index contributed by atoms with van der Waals surface area (Å²) in [5.74, 6) is -1.17. The molecule has 0 fully saturated rings. The van der Waals surface area contributed by atoms with E-state index in [2.05, 4.69) is 4.72 Å². The Kier molecular flexibility index (Phi) is 6.80. The van der Waals surface area contributed by atoms with Crippen LogP contribution in [0.4, 0.5) is 0 Å². The van der Waals surface area contributed by atoms with Crippen molar-refractivity contribution in [1.29, 1.82) is 0 Å². The van der Waals surface area contributed by atoms with Crippen molar-refractivity contribution >= 4 is 16.2 Å². The summed E-state index contributed by atoms with van der Waals surface area (Å²) in [6, 6.07) is 8.25. The SMILES string of the molecule is CCN(CC)S(=O)(=O)NC(CCc1ccccc1)C(=O)O. The van der Waals surface area contributed by atoms with Crippen LogP contribution in [0.1, 0.15) is 25.8 Å². The third-order valence-corrected chi connectivity index (χ3v) is 4.98. The summed E-state index contributed by atoms with van der Waals surface area (Å²) in [6.45, 7) is 4.03. The second-order valence-electron chi connectivity index (χ2n) is 4.62. The van der Waals surface area contributed by atoms with Gasteiger partial charge in [0, 0.05) is 13.1 Å². The summed E-state index contributed by atoms with van der Waals surface area (Å²) in [5, 5.41) is 9.20. The van der Waals surface area contributed by atoms with E-state index in [1.807, 2.05) is 30.3 Å². The average molecular weight is 314 g/mol. The van der Waals surface area contributed by atoms with Gasteiger partial charge in [0.25, 0.3) is 10.2 Å². The smallest absolute Gasteiger partial charge is 0.321 e. The lowest BCUT2D eigenvalue weighted by molar-refractivity contribution is -0.139. The van der Waals surface area contributed by atoms with Crippen LogP contribution in [0.25, 0.3) is 0 Å². The number of nitrogens with one attached hydrogen (secondary N) is 1. The fourth-order valence-electron chi connectivity index (χ4n) is 2.01. The zero-order chi connectivity index (χ0) is 15.9. The van der Waals surface area contributed by atoms with E-state index in [0.717, 1.165) is 5.56 Å². The average Bonchev–Trinajstić information content (AvgIpc) is 2.45. The predicted octanol–water partition coefficient (Wildman–Crippen LogP) is 1.25. The number of aliphatic carboxylic acids is 1. The van der Waals surface area contributed by atoms with Crippen molar-refractivity contribution in [2.75, 3.05) is 13.1 Å². The second kappa shape index (κ2) is 8.11. The molecule has 118 valence electrons. The summed E-state index contributed by atoms with van der Waals surface area (Å²) in [5.41, 5.74) is 0.978. The number of hydrogen-bond acceptors (Lipinski definition) is 3. The van der Waals surface area contributed by atoms with E-state index in [1.165, 1.54) is 4.31 Å². The van der Waals surface area contributed by atoms with E-state index >= 15 is 0 Å². The highest BCUT2D eigenvalue weighted by Gasteiger charge is 2.27. The van der Waals surface area contributed by atoms with Gasteiger partial charge in [-0.05, 0) is 18.4 Å². The Hall–Kier alpha value is -1.44. The summed E-state index contributed by atoms with van der Waals surface area (Å²) in [4.78, 5) is 11.3. The van der Waals surface area contributed by atoms with Gasteiger partial charge >= 0.3 is 5.97 Å². The van der Waals surface area contributed by atoms with Crippen LogP contribution in [0.15, 0.2) is 30.3 Å². The monoisotopic (exact) mass is 314 g/mol. The standard InChI is InChI=1S/C14H22N2O4S/c1-3-16(4-2)21(19,20)15-13(14(17)18)11-10-12-8-6-5-7-9-12/h5-9,13,15H,3-4,10-11H2,1-2H3,(H,17,18). The molecule has 0 aliphatic rings. The third kappa shape index (κ3) is 5.45. The molecule has 0 saturated heterocycles. The Bertz CT molecular complexity index is 541. The molecule has 1 rings (SSSR count). The van der Waals surface area contributed by atoms with Crippen LogP contribution >= 0.6 is 0 Å². The topological polar surface area (TPSA) is 86.7 Å². The first-order valence-corrected chi connectivity index (χ1v) is 8.38. The lowest BCUT2D eigenvalue weighted by atomic mass is 10.1. The maximum absolute atomic E-state index is 12.1. The molecule has 7 heteroatoms. The highest BCUT2D eigenvalue weighted by molar-refractivity contribution is 7.87. The number of nitrogens with zero attached hydrogens (tertiary/aromatic N) is 1. The molecule has 6 nitrogen and oxygen atoms in total. The Morgan fingerprint density at radius 3 is 2.29 bits per heavy atom. The Morgan fingerprint density at radius 1 is 1.24 bits per heavy atom. The van der Waals surface area contributed by atoms with Crippen LogP contribution in [0.3, 0.4) is 0 Å². The molecule has 0 heterocycles. The van der Waals surface area contributed by atoms with Crippen molar-refractivity contribution in [3.63, 3.8) is 0 Å². The van der Waals surface area contributed by atoms with E-state index in [4.69, 9.17) is 0 Å². The normalized spacial score (nSPS) is 13.3. The molecular weight excluding hydrogens is 292 g/mol. The van der Waals surface area contributed by atoms with Crippen molar-refractivity contribution < 1.29 is 18.3 Å². The van der Waals surface area contributed by atoms with Crippen LogP contribution in [0, 0.1) is 0 Å². The van der Waals surface area contributed by atoms with Gasteiger partial charge in [-0.15, -0.1) is 0 Å². The first-order chi connectivity index (χ1) is 9.90. The zero-order valence-corrected chi connectivity index (χ0v) is 13.1. The van der Waals surface area contributed by atoms with Gasteiger partial charge in [-0.3, -0.25) is 4.79 Å². The van der Waals surface area contributed by atoms with Gasteiger partial charge in [-0.2, -0.15) is 17.4 Å². The van der Waals surface area contributed by atoms with E-state index in [9.17, 15) is 18.3 Å². The minimum atomic E-state index is -3.77. The van der Waals surface area contributed by atoms with Gasteiger partial charge < -0.3 is 5.11 Å². The maximum atomic E-state index is 12.1. The van der Waals surface area contributed by atoms with Crippen molar-refractivity contribution in [2.45, 2.75) is 32.7 Å². The van der Waals surface area contributed by atoms with Crippen molar-refractivity contribution in [2.24, 2.45) is 0 Å². The number of carboxylic acids is 1. The van der Waals surface area contributed by atoms with Gasteiger partial charge in [-0.25, -0.2) is 0 Å². The highest BCUT2D eigenvalue weighted by atomic mass is 32.2. The van der Waals surface area contributed by atoms with Crippen LogP contribution in [0.2, 0.25) is 0 Å². The molecule has 2 N–H and O–H groups in total. The largest absolute Gasteiger partial charge is 0.480 e. The number of carbonyl (C=O) groups is 1. The van der Waals surface area contributed by atoms with Crippen LogP contribution in [-0.4, -0.2) is 42.9 Å². The molecule has 0 bridgehead atoms. The third-order valence-electron chi connectivity index (χ3n) is 3.20. The highest BCUT2D eigenvalue weighted by Crippen LogP contribution is 2.07. The van der Waals surface area contributed by atoms with Crippen molar-refractivity contribution in [3.8, 4) is 0 Å². The van der Waals surface area contributed by atoms with Gasteiger partial charge in [0.15, 0.2) is 0 Å².